The van der Waals surface area contributed by atoms with Gasteiger partial charge in [0.1, 0.15) is 5.69 Å². The first-order chi connectivity index (χ1) is 9.47. The molecule has 2 N–H and O–H groups in total. The summed E-state index contributed by atoms with van der Waals surface area (Å²) in [5.41, 5.74) is 0.571. The summed E-state index contributed by atoms with van der Waals surface area (Å²) in [6.45, 7) is 3.04. The molecule has 6 heteroatoms. The van der Waals surface area contributed by atoms with Gasteiger partial charge in [-0.1, -0.05) is 0 Å². The first kappa shape index (κ1) is 14.3. The average Bonchev–Trinajstić information content (AvgIpc) is 3.12. The topological polar surface area (TPSA) is 88.3 Å². The van der Waals surface area contributed by atoms with E-state index in [9.17, 15) is 14.4 Å². The summed E-state index contributed by atoms with van der Waals surface area (Å²) in [6.07, 6.45) is 3.71. The Morgan fingerprint density at radius 3 is 2.70 bits per heavy atom. The van der Waals surface area contributed by atoms with E-state index in [-0.39, 0.29) is 30.0 Å². The van der Waals surface area contributed by atoms with Gasteiger partial charge < -0.3 is 15.0 Å². The third kappa shape index (κ3) is 3.69. The van der Waals surface area contributed by atoms with Gasteiger partial charge in [-0.25, -0.2) is 4.79 Å². The highest BCUT2D eigenvalue weighted by Crippen LogP contribution is 2.32. The van der Waals surface area contributed by atoms with Crippen LogP contribution in [-0.2, 0) is 9.53 Å². The largest absolute Gasteiger partial charge is 0.451 e. The lowest BCUT2D eigenvalue weighted by molar-refractivity contribution is -0.125. The van der Waals surface area contributed by atoms with Crippen LogP contribution in [0.1, 0.15) is 47.5 Å². The number of esters is 1. The van der Waals surface area contributed by atoms with Crippen molar-refractivity contribution >= 4 is 17.7 Å². The Morgan fingerprint density at radius 1 is 1.45 bits per heavy atom. The number of hydrogen-bond acceptors (Lipinski definition) is 4. The van der Waals surface area contributed by atoms with Crippen molar-refractivity contribution in [1.82, 2.24) is 10.3 Å². The average molecular weight is 278 g/mol. The van der Waals surface area contributed by atoms with Crippen molar-refractivity contribution in [2.75, 3.05) is 6.61 Å². The van der Waals surface area contributed by atoms with Crippen molar-refractivity contribution in [1.29, 1.82) is 0 Å². The molecule has 1 heterocycles. The molecule has 0 aliphatic heterocycles. The zero-order chi connectivity index (χ0) is 14.7. The maximum Gasteiger partial charge on any atom is 0.355 e. The van der Waals surface area contributed by atoms with Crippen LogP contribution in [0, 0.1) is 5.92 Å². The van der Waals surface area contributed by atoms with Gasteiger partial charge in [-0.05, 0) is 38.7 Å². The molecule has 1 atom stereocenters. The molecule has 1 aliphatic rings. The molecule has 1 amide bonds. The van der Waals surface area contributed by atoms with Gasteiger partial charge in [0.25, 0.3) is 5.91 Å². The lowest BCUT2D eigenvalue weighted by atomic mass is 10.2. The van der Waals surface area contributed by atoms with Crippen LogP contribution < -0.4 is 5.32 Å². The van der Waals surface area contributed by atoms with E-state index in [1.54, 1.807) is 0 Å². The number of carbonyl (C=O) groups is 3. The summed E-state index contributed by atoms with van der Waals surface area (Å²) in [6, 6.07) is 1.53. The van der Waals surface area contributed by atoms with E-state index in [1.807, 2.05) is 6.92 Å². The first-order valence-electron chi connectivity index (χ1n) is 6.63. The van der Waals surface area contributed by atoms with E-state index in [0.717, 1.165) is 12.8 Å². The molecule has 0 spiro atoms. The van der Waals surface area contributed by atoms with E-state index in [2.05, 4.69) is 10.3 Å². The Balaban J connectivity index is 1.78. The van der Waals surface area contributed by atoms with Crippen LogP contribution in [-0.4, -0.2) is 35.3 Å². The predicted molar refractivity (Wildman–Crippen MR) is 71.4 cm³/mol. The van der Waals surface area contributed by atoms with Crippen LogP contribution in [0.3, 0.4) is 0 Å². The van der Waals surface area contributed by atoms with Gasteiger partial charge in [0.05, 0.1) is 0 Å². The lowest BCUT2D eigenvalue weighted by Crippen LogP contribution is -2.37. The minimum atomic E-state index is -0.647. The van der Waals surface area contributed by atoms with E-state index in [4.69, 9.17) is 4.74 Å². The van der Waals surface area contributed by atoms with Gasteiger partial charge in [0.15, 0.2) is 12.4 Å². The molecule has 1 aliphatic carbocycles. The minimum Gasteiger partial charge on any atom is -0.451 e. The van der Waals surface area contributed by atoms with Crippen LogP contribution in [0.2, 0.25) is 0 Å². The monoisotopic (exact) mass is 278 g/mol. The lowest BCUT2D eigenvalue weighted by Gasteiger charge is -2.12. The number of nitrogens with one attached hydrogen (secondary N) is 2. The third-order valence-corrected chi connectivity index (χ3v) is 3.36. The predicted octanol–water partition coefficient (Wildman–Crippen LogP) is 1.29. The van der Waals surface area contributed by atoms with Gasteiger partial charge in [0, 0.05) is 17.8 Å². The molecule has 0 radical (unpaired) electrons. The summed E-state index contributed by atoms with van der Waals surface area (Å²) in [5, 5.41) is 2.79. The number of aromatic amines is 1. The maximum atomic E-state index is 11.7. The van der Waals surface area contributed by atoms with Crippen molar-refractivity contribution in [3.8, 4) is 0 Å². The highest BCUT2D eigenvalue weighted by atomic mass is 16.5. The molecule has 1 saturated carbocycles. The second-order valence-electron chi connectivity index (χ2n) is 5.13. The number of amides is 1. The number of aromatic nitrogens is 1. The minimum absolute atomic E-state index is 0.121. The molecular formula is C14H18N2O4. The Hall–Kier alpha value is -2.11. The Kier molecular flexibility index (Phi) is 4.22. The highest BCUT2D eigenvalue weighted by Gasteiger charge is 2.29. The van der Waals surface area contributed by atoms with E-state index < -0.39 is 5.97 Å². The molecule has 108 valence electrons. The van der Waals surface area contributed by atoms with Crippen molar-refractivity contribution < 1.29 is 19.1 Å². The quantitative estimate of drug-likeness (QED) is 0.606. The number of carbonyl (C=O) groups excluding carboxylic acids is 3. The molecule has 6 nitrogen and oxygen atoms in total. The van der Waals surface area contributed by atoms with E-state index in [0.29, 0.717) is 11.5 Å². The number of H-pyrrole nitrogens is 1. The molecule has 1 aromatic rings. The van der Waals surface area contributed by atoms with Gasteiger partial charge in [0.2, 0.25) is 0 Å². The third-order valence-electron chi connectivity index (χ3n) is 3.36. The molecule has 2 rings (SSSR count). The van der Waals surface area contributed by atoms with Gasteiger partial charge in [-0.2, -0.15) is 0 Å². The molecular weight excluding hydrogens is 260 g/mol. The van der Waals surface area contributed by atoms with Crippen molar-refractivity contribution in [3.63, 3.8) is 0 Å². The highest BCUT2D eigenvalue weighted by molar-refractivity contribution is 5.97. The van der Waals surface area contributed by atoms with Crippen molar-refractivity contribution in [3.05, 3.63) is 23.5 Å². The maximum absolute atomic E-state index is 11.7. The van der Waals surface area contributed by atoms with Crippen LogP contribution in [0.25, 0.3) is 0 Å². The summed E-state index contributed by atoms with van der Waals surface area (Å²) < 4.78 is 4.89. The number of ketones is 1. The Morgan fingerprint density at radius 2 is 2.15 bits per heavy atom. The van der Waals surface area contributed by atoms with Crippen LogP contribution in [0.4, 0.5) is 0 Å². The summed E-state index contributed by atoms with van der Waals surface area (Å²) in [7, 11) is 0. The van der Waals surface area contributed by atoms with E-state index in [1.165, 1.54) is 19.2 Å². The second-order valence-corrected chi connectivity index (χ2v) is 5.13. The number of ether oxygens (including phenoxy) is 1. The summed E-state index contributed by atoms with van der Waals surface area (Å²) in [4.78, 5) is 37.0. The standard InChI is InChI=1S/C14H18N2O4/c1-8(10-3-4-10)16-13(18)7-20-14(19)12-5-11(6-15-12)9(2)17/h5-6,8,10,15H,3-4,7H2,1-2H3,(H,16,18)/t8-/m0/s1. The second kappa shape index (κ2) is 5.90. The molecule has 1 fully saturated rings. The Bertz CT molecular complexity index is 531. The summed E-state index contributed by atoms with van der Waals surface area (Å²) >= 11 is 0. The zero-order valence-electron chi connectivity index (χ0n) is 11.6. The van der Waals surface area contributed by atoms with Crippen molar-refractivity contribution in [2.45, 2.75) is 32.7 Å². The molecule has 1 aromatic heterocycles. The van der Waals surface area contributed by atoms with Crippen LogP contribution >= 0.6 is 0 Å². The molecule has 0 unspecified atom stereocenters. The molecule has 0 bridgehead atoms. The fourth-order valence-electron chi connectivity index (χ4n) is 1.93. The molecule has 0 saturated heterocycles. The summed E-state index contributed by atoms with van der Waals surface area (Å²) in [5.74, 6) is -0.546. The van der Waals surface area contributed by atoms with Gasteiger partial charge >= 0.3 is 5.97 Å². The number of Topliss-reactive ketones (excluding diaryl/α,β-unsaturated/α-hetero) is 1. The van der Waals surface area contributed by atoms with Crippen LogP contribution in [0.15, 0.2) is 12.3 Å². The fourth-order valence-corrected chi connectivity index (χ4v) is 1.93. The van der Waals surface area contributed by atoms with E-state index >= 15 is 0 Å². The van der Waals surface area contributed by atoms with Crippen LogP contribution in [0.5, 0.6) is 0 Å². The molecule has 0 aromatic carbocycles. The zero-order valence-corrected chi connectivity index (χ0v) is 11.6. The van der Waals surface area contributed by atoms with Gasteiger partial charge in [-0.15, -0.1) is 0 Å². The smallest absolute Gasteiger partial charge is 0.355 e. The number of hydrogen-bond donors (Lipinski definition) is 2. The fraction of sp³-hybridized carbons (Fsp3) is 0.500. The normalized spacial score (nSPS) is 15.5. The molecule has 20 heavy (non-hydrogen) atoms. The Labute approximate surface area is 116 Å². The SMILES string of the molecule is CC(=O)c1c[nH]c(C(=O)OCC(=O)N[C@@H](C)C2CC2)c1. The van der Waals surface area contributed by atoms with Gasteiger partial charge in [-0.3, -0.25) is 9.59 Å². The van der Waals surface area contributed by atoms with Crippen molar-refractivity contribution in [2.24, 2.45) is 5.92 Å². The first-order valence-corrected chi connectivity index (χ1v) is 6.63. The number of rotatable bonds is 6.